The minimum Gasteiger partial charge on any atom is -0.328 e. The van der Waals surface area contributed by atoms with Crippen molar-refractivity contribution in [3.8, 4) is 0 Å². The molecular weight excluding hydrogens is 220 g/mol. The molecule has 2 rings (SSSR count). The molecule has 1 aromatic carbocycles. The van der Waals surface area contributed by atoms with Crippen molar-refractivity contribution in [1.82, 2.24) is 5.32 Å². The summed E-state index contributed by atoms with van der Waals surface area (Å²) in [6, 6.07) is 11.8. The van der Waals surface area contributed by atoms with Gasteiger partial charge in [-0.15, -0.1) is 0 Å². The SMILES string of the molecule is CC(CCNC1CCCC(N)C1)c1ccccc1. The lowest BCUT2D eigenvalue weighted by Crippen LogP contribution is -2.39. The number of hydrogen-bond donors (Lipinski definition) is 2. The van der Waals surface area contributed by atoms with E-state index in [-0.39, 0.29) is 0 Å². The van der Waals surface area contributed by atoms with Gasteiger partial charge in [0, 0.05) is 12.1 Å². The summed E-state index contributed by atoms with van der Waals surface area (Å²) in [6.07, 6.45) is 6.15. The van der Waals surface area contributed by atoms with Gasteiger partial charge in [-0.25, -0.2) is 0 Å². The molecule has 100 valence electrons. The molecule has 0 amide bonds. The first-order valence-corrected chi connectivity index (χ1v) is 7.29. The highest BCUT2D eigenvalue weighted by Gasteiger charge is 2.18. The van der Waals surface area contributed by atoms with Gasteiger partial charge in [-0.2, -0.15) is 0 Å². The summed E-state index contributed by atoms with van der Waals surface area (Å²) >= 11 is 0. The van der Waals surface area contributed by atoms with Gasteiger partial charge in [0.2, 0.25) is 0 Å². The molecule has 2 nitrogen and oxygen atoms in total. The van der Waals surface area contributed by atoms with E-state index in [1.165, 1.54) is 31.2 Å². The fourth-order valence-corrected chi connectivity index (χ4v) is 2.87. The normalized spacial score (nSPS) is 25.9. The quantitative estimate of drug-likeness (QED) is 0.838. The number of nitrogens with one attached hydrogen (secondary N) is 1. The van der Waals surface area contributed by atoms with Crippen LogP contribution in [0, 0.1) is 0 Å². The van der Waals surface area contributed by atoms with Crippen LogP contribution in [0.25, 0.3) is 0 Å². The van der Waals surface area contributed by atoms with Gasteiger partial charge in [-0.3, -0.25) is 0 Å². The minimum atomic E-state index is 0.419. The van der Waals surface area contributed by atoms with Crippen molar-refractivity contribution >= 4 is 0 Å². The van der Waals surface area contributed by atoms with E-state index in [1.54, 1.807) is 0 Å². The van der Waals surface area contributed by atoms with Gasteiger partial charge in [0.1, 0.15) is 0 Å². The lowest BCUT2D eigenvalue weighted by molar-refractivity contribution is 0.336. The van der Waals surface area contributed by atoms with Crippen LogP contribution in [0.2, 0.25) is 0 Å². The summed E-state index contributed by atoms with van der Waals surface area (Å²) in [7, 11) is 0. The third-order valence-electron chi connectivity index (χ3n) is 4.09. The van der Waals surface area contributed by atoms with E-state index < -0.39 is 0 Å². The Balaban J connectivity index is 1.69. The molecule has 3 N–H and O–H groups in total. The van der Waals surface area contributed by atoms with Crippen LogP contribution in [0.5, 0.6) is 0 Å². The van der Waals surface area contributed by atoms with Crippen molar-refractivity contribution < 1.29 is 0 Å². The van der Waals surface area contributed by atoms with Crippen LogP contribution >= 0.6 is 0 Å². The van der Waals surface area contributed by atoms with E-state index in [0.29, 0.717) is 18.0 Å². The van der Waals surface area contributed by atoms with Crippen LogP contribution < -0.4 is 11.1 Å². The first kappa shape index (κ1) is 13.6. The van der Waals surface area contributed by atoms with Gasteiger partial charge < -0.3 is 11.1 Å². The van der Waals surface area contributed by atoms with Crippen molar-refractivity contribution in [3.05, 3.63) is 35.9 Å². The zero-order valence-corrected chi connectivity index (χ0v) is 11.4. The van der Waals surface area contributed by atoms with Gasteiger partial charge in [0.25, 0.3) is 0 Å². The van der Waals surface area contributed by atoms with Crippen LogP contribution in [0.4, 0.5) is 0 Å². The fraction of sp³-hybridized carbons (Fsp3) is 0.625. The molecule has 1 saturated carbocycles. The van der Waals surface area contributed by atoms with Crippen molar-refractivity contribution in [3.63, 3.8) is 0 Å². The second kappa shape index (κ2) is 6.91. The lowest BCUT2D eigenvalue weighted by atomic mass is 9.91. The average Bonchev–Trinajstić information content (AvgIpc) is 2.40. The second-order valence-corrected chi connectivity index (χ2v) is 5.68. The topological polar surface area (TPSA) is 38.0 Å². The maximum atomic E-state index is 6.01. The summed E-state index contributed by atoms with van der Waals surface area (Å²) in [5.74, 6) is 0.635. The molecule has 1 aliphatic rings. The van der Waals surface area contributed by atoms with Crippen LogP contribution in [0.15, 0.2) is 30.3 Å². The van der Waals surface area contributed by atoms with E-state index in [0.717, 1.165) is 13.0 Å². The Morgan fingerprint density at radius 3 is 2.78 bits per heavy atom. The monoisotopic (exact) mass is 246 g/mol. The van der Waals surface area contributed by atoms with E-state index in [1.807, 2.05) is 0 Å². The molecule has 1 fully saturated rings. The smallest absolute Gasteiger partial charge is 0.00818 e. The predicted octanol–water partition coefficient (Wildman–Crippen LogP) is 3.04. The van der Waals surface area contributed by atoms with Crippen LogP contribution in [0.1, 0.15) is 50.5 Å². The Kier molecular flexibility index (Phi) is 5.21. The third kappa shape index (κ3) is 4.11. The fourth-order valence-electron chi connectivity index (χ4n) is 2.87. The third-order valence-corrected chi connectivity index (χ3v) is 4.09. The molecule has 0 radical (unpaired) electrons. The molecule has 1 aromatic rings. The Labute approximate surface area is 111 Å². The van der Waals surface area contributed by atoms with Crippen molar-refractivity contribution in [1.29, 1.82) is 0 Å². The molecule has 18 heavy (non-hydrogen) atoms. The molecule has 0 aliphatic heterocycles. The average molecular weight is 246 g/mol. The highest BCUT2D eigenvalue weighted by molar-refractivity contribution is 5.18. The summed E-state index contributed by atoms with van der Waals surface area (Å²) < 4.78 is 0. The lowest BCUT2D eigenvalue weighted by Gasteiger charge is -2.28. The van der Waals surface area contributed by atoms with Crippen LogP contribution in [-0.4, -0.2) is 18.6 Å². The van der Waals surface area contributed by atoms with E-state index in [2.05, 4.69) is 42.6 Å². The molecule has 3 atom stereocenters. The summed E-state index contributed by atoms with van der Waals surface area (Å²) in [5.41, 5.74) is 7.45. The molecule has 0 bridgehead atoms. The Bertz CT molecular complexity index is 336. The number of rotatable bonds is 5. The Morgan fingerprint density at radius 1 is 1.28 bits per heavy atom. The first-order valence-electron chi connectivity index (χ1n) is 7.29. The van der Waals surface area contributed by atoms with E-state index >= 15 is 0 Å². The molecule has 0 aromatic heterocycles. The van der Waals surface area contributed by atoms with Crippen LogP contribution in [0.3, 0.4) is 0 Å². The number of hydrogen-bond acceptors (Lipinski definition) is 2. The molecule has 1 aliphatic carbocycles. The van der Waals surface area contributed by atoms with Gasteiger partial charge in [-0.05, 0) is 43.7 Å². The molecule has 0 saturated heterocycles. The molecule has 2 heteroatoms. The van der Waals surface area contributed by atoms with Gasteiger partial charge in [0.05, 0.1) is 0 Å². The highest BCUT2D eigenvalue weighted by Crippen LogP contribution is 2.19. The van der Waals surface area contributed by atoms with Crippen molar-refractivity contribution in [2.75, 3.05) is 6.54 Å². The Morgan fingerprint density at radius 2 is 2.06 bits per heavy atom. The summed E-state index contributed by atoms with van der Waals surface area (Å²) in [4.78, 5) is 0. The minimum absolute atomic E-state index is 0.419. The maximum absolute atomic E-state index is 6.01. The highest BCUT2D eigenvalue weighted by atomic mass is 14.9. The summed E-state index contributed by atoms with van der Waals surface area (Å²) in [6.45, 7) is 3.41. The maximum Gasteiger partial charge on any atom is 0.00818 e. The van der Waals surface area contributed by atoms with E-state index in [9.17, 15) is 0 Å². The van der Waals surface area contributed by atoms with Gasteiger partial charge in [0.15, 0.2) is 0 Å². The first-order chi connectivity index (χ1) is 8.75. The van der Waals surface area contributed by atoms with E-state index in [4.69, 9.17) is 5.73 Å². The molecule has 3 unspecified atom stereocenters. The predicted molar refractivity (Wildman–Crippen MR) is 77.7 cm³/mol. The van der Waals surface area contributed by atoms with Crippen molar-refractivity contribution in [2.24, 2.45) is 5.73 Å². The zero-order chi connectivity index (χ0) is 12.8. The zero-order valence-electron chi connectivity index (χ0n) is 11.4. The molecule has 0 heterocycles. The van der Waals surface area contributed by atoms with Gasteiger partial charge >= 0.3 is 0 Å². The Hall–Kier alpha value is -0.860. The number of nitrogens with two attached hydrogens (primary N) is 1. The summed E-state index contributed by atoms with van der Waals surface area (Å²) in [5, 5.41) is 3.67. The van der Waals surface area contributed by atoms with Crippen molar-refractivity contribution in [2.45, 2.75) is 57.0 Å². The van der Waals surface area contributed by atoms with Crippen LogP contribution in [-0.2, 0) is 0 Å². The second-order valence-electron chi connectivity index (χ2n) is 5.68. The largest absolute Gasteiger partial charge is 0.328 e. The standard InChI is InChI=1S/C16H26N2/c1-13(14-6-3-2-4-7-14)10-11-18-16-9-5-8-15(17)12-16/h2-4,6-7,13,15-16,18H,5,8-12,17H2,1H3. The number of benzene rings is 1. The molecular formula is C16H26N2. The molecule has 0 spiro atoms. The van der Waals surface area contributed by atoms with Gasteiger partial charge in [-0.1, -0.05) is 43.7 Å².